The van der Waals surface area contributed by atoms with E-state index in [4.69, 9.17) is 34.0 Å². The largest absolute Gasteiger partial charge is 0.506 e. The molecule has 7 rings (SSSR count). The first-order chi connectivity index (χ1) is 33.5. The summed E-state index contributed by atoms with van der Waals surface area (Å²) in [6, 6.07) is 15.9. The molecule has 0 fully saturated rings. The van der Waals surface area contributed by atoms with Crippen molar-refractivity contribution in [3.8, 4) is 11.7 Å². The number of aromatic nitrogens is 5. The number of ketones is 2. The number of nitrogen functional groups attached to an aromatic ring is 1. The first-order valence-electron chi connectivity index (χ1n) is 20.9. The molecule has 3 aromatic heterocycles. The molecular formula is C48H57Br4Cl2N9O10+2. The number of hydrogen-bond donors (Lipinski definition) is 6. The zero-order valence-corrected chi connectivity index (χ0v) is 46.7. The minimum atomic E-state index is -1.13. The van der Waals surface area contributed by atoms with Gasteiger partial charge in [0.15, 0.2) is 17.6 Å². The van der Waals surface area contributed by atoms with Crippen molar-refractivity contribution < 1.29 is 47.9 Å². The third-order valence-electron chi connectivity index (χ3n) is 9.84. The Morgan fingerprint density at radius 2 is 1.44 bits per heavy atom. The fourth-order valence-corrected chi connectivity index (χ4v) is 8.14. The van der Waals surface area contributed by atoms with Gasteiger partial charge in [0.25, 0.3) is 12.4 Å². The van der Waals surface area contributed by atoms with Crippen LogP contribution in [-0.4, -0.2) is 59.6 Å². The summed E-state index contributed by atoms with van der Waals surface area (Å²) in [6.45, 7) is 13.2. The lowest BCUT2D eigenvalue weighted by molar-refractivity contribution is -0.814. The van der Waals surface area contributed by atoms with E-state index in [0.29, 0.717) is 60.5 Å². The maximum absolute atomic E-state index is 11.5. The van der Waals surface area contributed by atoms with Crippen LogP contribution in [0.1, 0.15) is 75.9 Å². The molecule has 19 nitrogen and oxygen atoms in total. The summed E-state index contributed by atoms with van der Waals surface area (Å²) >= 11 is 24.4. The number of nitrogens with one attached hydrogen (secondary N) is 2. The van der Waals surface area contributed by atoms with Crippen molar-refractivity contribution in [2.24, 2.45) is 5.29 Å². The third kappa shape index (κ3) is 19.9. The molecule has 6 aromatic rings. The number of rotatable bonds is 12. The Kier molecular flexibility index (Phi) is 28.4. The quantitative estimate of drug-likeness (QED) is 0.0218. The Labute approximate surface area is 465 Å². The summed E-state index contributed by atoms with van der Waals surface area (Å²) in [5, 5.41) is 38.2. The Hall–Kier alpha value is -5.72. The SMILES string of the molecule is C.C.CC1=C(Br)C(=O)C(C)=C(Br)C1=O.CCCNc1cc(Cl)nc(N)n1.Cc1c(C)c(Br)c(O)c(C)c1Br.O=NN(Cc1ccc(Cl)cc1)C(C(=O)O)c1ccccc1.O=c1c[n+](CC[n+]2coc(O)c2)[nH]o1. The van der Waals surface area contributed by atoms with E-state index in [-0.39, 0.29) is 44.9 Å². The number of aryl methyl sites for hydroxylation is 2. The Morgan fingerprint density at radius 1 is 0.863 bits per heavy atom. The van der Waals surface area contributed by atoms with E-state index in [1.165, 1.54) is 23.5 Å². The Morgan fingerprint density at radius 3 is 1.92 bits per heavy atom. The number of carbonyl (C=O) groups is 3. The molecule has 0 saturated carbocycles. The van der Waals surface area contributed by atoms with Gasteiger partial charge in [-0.05, 0) is 128 Å². The molecule has 1 aliphatic carbocycles. The molecule has 0 amide bonds. The van der Waals surface area contributed by atoms with Crippen LogP contribution in [0.2, 0.25) is 10.2 Å². The second-order valence-electron chi connectivity index (χ2n) is 15.0. The summed E-state index contributed by atoms with van der Waals surface area (Å²) in [7, 11) is 0. The normalized spacial score (nSPS) is 11.9. The highest BCUT2D eigenvalue weighted by Gasteiger charge is 2.28. The summed E-state index contributed by atoms with van der Waals surface area (Å²) in [5.41, 5.74) is 10.2. The van der Waals surface area contributed by atoms with Crippen LogP contribution in [0.5, 0.6) is 11.7 Å². The molecule has 0 radical (unpaired) electrons. The molecule has 3 aromatic carbocycles. The average molecular weight is 1310 g/mol. The van der Waals surface area contributed by atoms with Crippen LogP contribution in [0, 0.1) is 25.7 Å². The number of carbonyl (C=O) groups excluding carboxylic acids is 2. The molecule has 7 N–H and O–H groups in total. The number of allylic oxidation sites excluding steroid dienone is 4. The summed E-state index contributed by atoms with van der Waals surface area (Å²) in [6.07, 6.45) is 5.16. The number of phenols is 1. The number of halogens is 6. The molecule has 1 atom stereocenters. The molecule has 0 aliphatic heterocycles. The number of hydrogen-bond acceptors (Lipinski definition) is 14. The summed E-state index contributed by atoms with van der Waals surface area (Å²) in [4.78, 5) is 63.6. The Bertz CT molecular complexity index is 2750. The number of aromatic hydroxyl groups is 2. The van der Waals surface area contributed by atoms with E-state index in [9.17, 15) is 34.3 Å². The molecular weight excluding hydrogens is 1250 g/mol. The minimum Gasteiger partial charge on any atom is -0.506 e. The monoisotopic (exact) mass is 1310 g/mol. The van der Waals surface area contributed by atoms with E-state index >= 15 is 0 Å². The second kappa shape index (κ2) is 31.8. The number of H-pyrrole nitrogens is 1. The molecule has 1 unspecified atom stereocenters. The number of benzene rings is 3. The van der Waals surface area contributed by atoms with Crippen molar-refractivity contribution in [2.75, 3.05) is 17.6 Å². The van der Waals surface area contributed by atoms with E-state index in [1.54, 1.807) is 79.1 Å². The standard InChI is InChI=1S/C15H13ClN2O3.C9H10Br2O.C8H6Br2O2.C7H11ClN4.C7H7N3O4.2CH4/c16-13-8-6-11(7-9-13)10-18(17-21)14(15(19)20)12-4-2-1-3-5-12;1-4-5(2)8(11)9(12)6(3)7(4)10;1-3-5(9)8(12)4(2)6(10)7(3)11;1-2-3-10-6-4-5(8)11-7(9)12-6;11-6-3-9(5-13-6)1-2-10-4-7(12)14-8-10;;/h1-9,14H,10H2,(H,19,20);12H,1-3H3;1-2H3;4H,2-3H2,1H3,(H3,9,10,11,12);3-5H,1-2H2;2*1H4/p+2. The minimum absolute atomic E-state index is 0. The maximum Gasteiger partial charge on any atom is 0.426 e. The van der Waals surface area contributed by atoms with E-state index < -0.39 is 17.6 Å². The first-order valence-corrected chi connectivity index (χ1v) is 24.8. The number of carboxylic acid groups (broad SMARTS) is 1. The molecule has 394 valence electrons. The lowest BCUT2D eigenvalue weighted by Gasteiger charge is -2.23. The predicted octanol–water partition coefficient (Wildman–Crippen LogP) is 11.3. The molecule has 0 spiro atoms. The van der Waals surface area contributed by atoms with Gasteiger partial charge in [-0.1, -0.05) is 108 Å². The number of oxazole rings is 1. The van der Waals surface area contributed by atoms with Crippen LogP contribution in [0.4, 0.5) is 11.8 Å². The van der Waals surface area contributed by atoms with E-state index in [1.807, 2.05) is 20.8 Å². The van der Waals surface area contributed by atoms with Crippen LogP contribution in [0.15, 0.2) is 128 Å². The fourth-order valence-electron chi connectivity index (χ4n) is 5.78. The van der Waals surface area contributed by atoms with Crippen LogP contribution in [0.25, 0.3) is 0 Å². The maximum atomic E-state index is 11.5. The smallest absolute Gasteiger partial charge is 0.426 e. The van der Waals surface area contributed by atoms with Crippen LogP contribution < -0.4 is 25.9 Å². The van der Waals surface area contributed by atoms with Gasteiger partial charge in [-0.2, -0.15) is 9.55 Å². The molecule has 25 heteroatoms. The van der Waals surface area contributed by atoms with Gasteiger partial charge in [0, 0.05) is 38.8 Å². The number of Topliss-reactive ketones (excluding diaryl/α,β-unsaturated/α-hetero) is 2. The zero-order chi connectivity index (χ0) is 53.1. The highest BCUT2D eigenvalue weighted by atomic mass is 79.9. The van der Waals surface area contributed by atoms with Crippen molar-refractivity contribution in [1.29, 1.82) is 0 Å². The zero-order valence-electron chi connectivity index (χ0n) is 38.8. The molecule has 73 heavy (non-hydrogen) atoms. The van der Waals surface area contributed by atoms with Gasteiger partial charge in [0.1, 0.15) is 16.7 Å². The average Bonchev–Trinajstić information content (AvgIpc) is 3.98. The van der Waals surface area contributed by atoms with Gasteiger partial charge in [-0.15, -0.1) is 4.91 Å². The topological polar surface area (TPSA) is 275 Å². The predicted molar refractivity (Wildman–Crippen MR) is 294 cm³/mol. The van der Waals surface area contributed by atoms with Crippen LogP contribution >= 0.6 is 86.9 Å². The van der Waals surface area contributed by atoms with Gasteiger partial charge in [-0.3, -0.25) is 14.1 Å². The van der Waals surface area contributed by atoms with E-state index in [0.717, 1.165) is 49.2 Å². The number of aromatic amines is 1. The Balaban J connectivity index is 0.000000463. The number of carboxylic acids is 1. The molecule has 0 saturated heterocycles. The number of nitrogens with two attached hydrogens (primary N) is 1. The van der Waals surface area contributed by atoms with Crippen LogP contribution in [-0.2, 0) is 34.0 Å². The van der Waals surface area contributed by atoms with Gasteiger partial charge in [0.05, 0.1) is 25.3 Å². The summed E-state index contributed by atoms with van der Waals surface area (Å²) in [5.74, 6) is -0.330. The van der Waals surface area contributed by atoms with Crippen molar-refractivity contribution in [3.63, 3.8) is 0 Å². The highest BCUT2D eigenvalue weighted by Crippen LogP contribution is 2.38. The second-order valence-corrected chi connectivity index (χ2v) is 19.0. The number of nitrogens with zero attached hydrogens (tertiary/aromatic N) is 6. The van der Waals surface area contributed by atoms with Crippen molar-refractivity contribution in [3.05, 3.63) is 162 Å². The van der Waals surface area contributed by atoms with E-state index in [2.05, 4.69) is 105 Å². The first kappa shape index (κ1) is 65.3. The fraction of sp³-hybridized carbons (Fsp3) is 0.292. The van der Waals surface area contributed by atoms with Gasteiger partial charge < -0.3 is 30.8 Å². The number of anilines is 2. The lowest BCUT2D eigenvalue weighted by Crippen LogP contribution is -2.44. The summed E-state index contributed by atoms with van der Waals surface area (Å²) < 4.78 is 14.8. The molecule has 0 bridgehead atoms. The third-order valence-corrected chi connectivity index (χ3v) is 14.4. The number of nitroso groups, excluding NO2 is 1. The molecule has 3 heterocycles. The van der Waals surface area contributed by atoms with Gasteiger partial charge in [-0.25, -0.2) is 19.6 Å². The lowest BCUT2D eigenvalue weighted by atomic mass is 9.99. The number of phenolic OH excluding ortho intramolecular Hbond substituents is 1. The van der Waals surface area contributed by atoms with Crippen molar-refractivity contribution in [1.82, 2.24) is 20.2 Å². The number of aliphatic carboxylic acids is 1. The van der Waals surface area contributed by atoms with Gasteiger partial charge in [0.2, 0.25) is 19.0 Å². The van der Waals surface area contributed by atoms with Gasteiger partial charge >= 0.3 is 23.9 Å². The van der Waals surface area contributed by atoms with Crippen LogP contribution in [0.3, 0.4) is 0 Å². The van der Waals surface area contributed by atoms with Crippen molar-refractivity contribution in [2.45, 2.75) is 88.5 Å². The molecule has 1 aliphatic rings. The van der Waals surface area contributed by atoms with Crippen molar-refractivity contribution >= 4 is 116 Å². The highest BCUT2D eigenvalue weighted by molar-refractivity contribution is 9.12.